The molecule has 1 amide bonds. The van der Waals surface area contributed by atoms with Gasteiger partial charge in [0.25, 0.3) is 5.91 Å². The van der Waals surface area contributed by atoms with Gasteiger partial charge >= 0.3 is 0 Å². The smallest absolute Gasteiger partial charge is 0.276 e. The summed E-state index contributed by atoms with van der Waals surface area (Å²) in [5.41, 5.74) is 0.565. The molecule has 1 aliphatic heterocycles. The molecule has 0 unspecified atom stereocenters. The van der Waals surface area contributed by atoms with Crippen LogP contribution in [0.5, 0.6) is 0 Å². The first-order valence-electron chi connectivity index (χ1n) is 9.70. The van der Waals surface area contributed by atoms with Crippen molar-refractivity contribution in [2.75, 3.05) is 39.3 Å². The molecule has 138 valence electrons. The number of nitrogens with one attached hydrogen (secondary N) is 3. The zero-order valence-corrected chi connectivity index (χ0v) is 15.6. The van der Waals surface area contributed by atoms with E-state index >= 15 is 0 Å². The molecule has 1 saturated carbocycles. The third-order valence-electron chi connectivity index (χ3n) is 5.62. The van der Waals surface area contributed by atoms with Crippen LogP contribution in [0, 0.1) is 17.2 Å². The SMILES string of the molecule is C[C@](C#N)(NC(=O)C[NH+]1CC[NH+](C/C=C/c2ccccc2)CC1)C1CC1. The van der Waals surface area contributed by atoms with Gasteiger partial charge in [-0.15, -0.1) is 0 Å². The summed E-state index contributed by atoms with van der Waals surface area (Å²) >= 11 is 0. The van der Waals surface area contributed by atoms with Crippen LogP contribution in [0.4, 0.5) is 0 Å². The lowest BCUT2D eigenvalue weighted by Crippen LogP contribution is -3.28. The van der Waals surface area contributed by atoms with Gasteiger partial charge in [0.1, 0.15) is 31.7 Å². The normalized spacial score (nSPS) is 25.4. The number of hydrogen-bond donors (Lipinski definition) is 3. The molecule has 2 fully saturated rings. The molecule has 1 aromatic carbocycles. The molecule has 0 aromatic heterocycles. The predicted octanol–water partition coefficient (Wildman–Crippen LogP) is -0.708. The molecular formula is C21H30N4O+2. The van der Waals surface area contributed by atoms with E-state index in [1.807, 2.05) is 13.0 Å². The maximum absolute atomic E-state index is 12.3. The van der Waals surface area contributed by atoms with E-state index in [2.05, 4.69) is 47.8 Å². The van der Waals surface area contributed by atoms with Gasteiger partial charge in [0, 0.05) is 0 Å². The van der Waals surface area contributed by atoms with Crippen LogP contribution >= 0.6 is 0 Å². The van der Waals surface area contributed by atoms with Crippen molar-refractivity contribution in [1.29, 1.82) is 5.26 Å². The first kappa shape index (κ1) is 18.6. The standard InChI is InChI=1S/C21H28N4O/c1-21(17-22,19-9-10-19)23-20(26)16-25-14-12-24(13-15-25)11-5-8-18-6-3-2-4-7-18/h2-8,19H,9-16H2,1H3,(H,23,26)/p+2/b8-5+/t21-/m1/s1. The summed E-state index contributed by atoms with van der Waals surface area (Å²) in [6.45, 7) is 7.56. The van der Waals surface area contributed by atoms with E-state index in [1.54, 1.807) is 4.90 Å². The average molecular weight is 354 g/mol. The van der Waals surface area contributed by atoms with Gasteiger partial charge in [0.15, 0.2) is 6.54 Å². The van der Waals surface area contributed by atoms with Gasteiger partial charge in [0.05, 0.1) is 12.6 Å². The molecule has 1 atom stereocenters. The first-order chi connectivity index (χ1) is 12.6. The lowest BCUT2D eigenvalue weighted by molar-refractivity contribution is -1.01. The van der Waals surface area contributed by atoms with Crippen LogP contribution in [-0.4, -0.2) is 50.7 Å². The number of carbonyl (C=O) groups excluding carboxylic acids is 1. The second-order valence-electron chi connectivity index (χ2n) is 7.83. The molecule has 0 radical (unpaired) electrons. The number of quaternary nitrogens is 2. The van der Waals surface area contributed by atoms with Crippen molar-refractivity contribution in [3.05, 3.63) is 42.0 Å². The quantitative estimate of drug-likeness (QED) is 0.606. The minimum absolute atomic E-state index is 0.0170. The van der Waals surface area contributed by atoms with Crippen LogP contribution in [0.15, 0.2) is 36.4 Å². The number of amides is 1. The minimum Gasteiger partial charge on any atom is -0.333 e. The van der Waals surface area contributed by atoms with E-state index in [4.69, 9.17) is 0 Å². The number of rotatable bonds is 7. The lowest BCUT2D eigenvalue weighted by Gasteiger charge is -2.30. The Kier molecular flexibility index (Phi) is 6.08. The van der Waals surface area contributed by atoms with Crippen molar-refractivity contribution < 1.29 is 14.6 Å². The van der Waals surface area contributed by atoms with E-state index in [9.17, 15) is 10.1 Å². The summed E-state index contributed by atoms with van der Waals surface area (Å²) in [6, 6.07) is 12.7. The van der Waals surface area contributed by atoms with Gasteiger partial charge < -0.3 is 15.1 Å². The molecule has 0 bridgehead atoms. The maximum atomic E-state index is 12.3. The van der Waals surface area contributed by atoms with Crippen LogP contribution in [0.3, 0.4) is 0 Å². The summed E-state index contributed by atoms with van der Waals surface area (Å²) in [5.74, 6) is 0.354. The maximum Gasteiger partial charge on any atom is 0.276 e. The third-order valence-corrected chi connectivity index (χ3v) is 5.62. The second kappa shape index (κ2) is 8.48. The highest BCUT2D eigenvalue weighted by molar-refractivity contribution is 5.78. The van der Waals surface area contributed by atoms with Crippen LogP contribution in [-0.2, 0) is 4.79 Å². The Hall–Kier alpha value is -2.16. The highest BCUT2D eigenvalue weighted by atomic mass is 16.2. The van der Waals surface area contributed by atoms with Crippen molar-refractivity contribution in [2.24, 2.45) is 5.92 Å². The topological polar surface area (TPSA) is 61.8 Å². The fourth-order valence-corrected chi connectivity index (χ4v) is 3.71. The fraction of sp³-hybridized carbons (Fsp3) is 0.524. The Balaban J connectivity index is 1.38. The van der Waals surface area contributed by atoms with Gasteiger partial charge in [-0.3, -0.25) is 4.79 Å². The van der Waals surface area contributed by atoms with Crippen LogP contribution in [0.2, 0.25) is 0 Å². The Morgan fingerprint density at radius 3 is 2.50 bits per heavy atom. The van der Waals surface area contributed by atoms with Gasteiger partial charge in [0.2, 0.25) is 0 Å². The zero-order chi connectivity index (χ0) is 18.4. The van der Waals surface area contributed by atoms with E-state index < -0.39 is 5.54 Å². The van der Waals surface area contributed by atoms with Crippen LogP contribution < -0.4 is 15.1 Å². The number of nitriles is 1. The minimum atomic E-state index is -0.675. The number of carbonyl (C=O) groups is 1. The number of nitrogens with zero attached hydrogens (tertiary/aromatic N) is 1. The molecule has 5 heteroatoms. The highest BCUT2D eigenvalue weighted by Gasteiger charge is 2.43. The zero-order valence-electron chi connectivity index (χ0n) is 15.6. The van der Waals surface area contributed by atoms with Crippen molar-refractivity contribution in [1.82, 2.24) is 5.32 Å². The van der Waals surface area contributed by atoms with Gasteiger partial charge in [-0.1, -0.05) is 36.4 Å². The third kappa shape index (κ3) is 5.17. The summed E-state index contributed by atoms with van der Waals surface area (Å²) < 4.78 is 0. The summed E-state index contributed by atoms with van der Waals surface area (Å²) in [7, 11) is 0. The number of piperazine rings is 1. The number of benzene rings is 1. The van der Waals surface area contributed by atoms with Gasteiger partial charge in [-0.2, -0.15) is 5.26 Å². The summed E-state index contributed by atoms with van der Waals surface area (Å²) in [6.07, 6.45) is 6.53. The monoisotopic (exact) mass is 354 g/mol. The van der Waals surface area contributed by atoms with E-state index in [0.29, 0.717) is 12.5 Å². The van der Waals surface area contributed by atoms with Gasteiger partial charge in [-0.05, 0) is 37.3 Å². The average Bonchev–Trinajstić information content (AvgIpc) is 3.50. The molecular weight excluding hydrogens is 324 g/mol. The first-order valence-corrected chi connectivity index (χ1v) is 9.70. The molecule has 26 heavy (non-hydrogen) atoms. The van der Waals surface area contributed by atoms with Crippen LogP contribution in [0.1, 0.15) is 25.3 Å². The largest absolute Gasteiger partial charge is 0.333 e. The van der Waals surface area contributed by atoms with Crippen molar-refractivity contribution in [2.45, 2.75) is 25.3 Å². The predicted molar refractivity (Wildman–Crippen MR) is 101 cm³/mol. The highest BCUT2D eigenvalue weighted by Crippen LogP contribution is 2.39. The fourth-order valence-electron chi connectivity index (χ4n) is 3.71. The second-order valence-corrected chi connectivity index (χ2v) is 7.83. The lowest BCUT2D eigenvalue weighted by atomic mass is 9.98. The summed E-state index contributed by atoms with van der Waals surface area (Å²) in [5, 5.41) is 12.3. The van der Waals surface area contributed by atoms with Crippen molar-refractivity contribution in [3.63, 3.8) is 0 Å². The van der Waals surface area contributed by atoms with E-state index in [0.717, 1.165) is 45.6 Å². The molecule has 0 spiro atoms. The molecule has 1 aromatic rings. The molecule has 3 N–H and O–H groups in total. The number of hydrogen-bond acceptors (Lipinski definition) is 2. The Morgan fingerprint density at radius 2 is 1.88 bits per heavy atom. The molecule has 3 rings (SSSR count). The Labute approximate surface area is 156 Å². The Bertz CT molecular complexity index is 669. The molecule has 1 heterocycles. The van der Waals surface area contributed by atoms with Crippen molar-refractivity contribution in [3.8, 4) is 6.07 Å². The van der Waals surface area contributed by atoms with Gasteiger partial charge in [-0.25, -0.2) is 0 Å². The Morgan fingerprint density at radius 1 is 1.23 bits per heavy atom. The van der Waals surface area contributed by atoms with E-state index in [-0.39, 0.29) is 5.91 Å². The van der Waals surface area contributed by atoms with Crippen LogP contribution in [0.25, 0.3) is 6.08 Å². The van der Waals surface area contributed by atoms with Crippen molar-refractivity contribution >= 4 is 12.0 Å². The molecule has 1 saturated heterocycles. The molecule has 5 nitrogen and oxygen atoms in total. The molecule has 2 aliphatic rings. The summed E-state index contributed by atoms with van der Waals surface area (Å²) in [4.78, 5) is 15.2. The molecule has 1 aliphatic carbocycles. The van der Waals surface area contributed by atoms with E-state index in [1.165, 1.54) is 10.5 Å².